The molecule has 1 aromatic carbocycles. The van der Waals surface area contributed by atoms with E-state index in [0.29, 0.717) is 0 Å². The molecule has 0 nitrogen and oxygen atoms in total. The molecule has 0 bridgehead atoms. The molecule has 0 unspecified atom stereocenters. The third-order valence-electron chi connectivity index (χ3n) is 1.66. The molecule has 0 saturated heterocycles. The van der Waals surface area contributed by atoms with Crippen LogP contribution in [0.4, 0.5) is 0 Å². The van der Waals surface area contributed by atoms with Gasteiger partial charge < -0.3 is 0 Å². The SMILES string of the molecule is CCc1cccc([Si](Cl)(Cl)Cl)c1. The second-order valence-electron chi connectivity index (χ2n) is 2.55. The van der Waals surface area contributed by atoms with Crippen LogP contribution in [0, 0.1) is 0 Å². The first-order chi connectivity index (χ1) is 5.54. The number of halogens is 3. The Morgan fingerprint density at radius 2 is 1.92 bits per heavy atom. The number of hydrogen-bond acceptors (Lipinski definition) is 0. The van der Waals surface area contributed by atoms with E-state index < -0.39 is 6.00 Å². The van der Waals surface area contributed by atoms with Crippen LogP contribution in [-0.2, 0) is 6.42 Å². The maximum atomic E-state index is 5.86. The van der Waals surface area contributed by atoms with Gasteiger partial charge in [-0.15, -0.1) is 33.2 Å². The molecule has 0 aliphatic heterocycles. The topological polar surface area (TPSA) is 0 Å². The molecule has 0 radical (unpaired) electrons. The van der Waals surface area contributed by atoms with Crippen LogP contribution < -0.4 is 5.19 Å². The summed E-state index contributed by atoms with van der Waals surface area (Å²) in [6.07, 6.45) is 0.975. The highest BCUT2D eigenvalue weighted by Gasteiger charge is 2.27. The van der Waals surface area contributed by atoms with Crippen molar-refractivity contribution in [2.75, 3.05) is 0 Å². The summed E-state index contributed by atoms with van der Waals surface area (Å²) in [5, 5.41) is 0.867. The first-order valence-electron chi connectivity index (χ1n) is 3.70. The Labute approximate surface area is 87.6 Å². The molecule has 0 heterocycles. The number of rotatable bonds is 2. The first-order valence-corrected chi connectivity index (χ1v) is 8.73. The van der Waals surface area contributed by atoms with Crippen molar-refractivity contribution < 1.29 is 0 Å². The maximum Gasteiger partial charge on any atom is 0.372 e. The van der Waals surface area contributed by atoms with Crippen molar-refractivity contribution in [2.45, 2.75) is 13.3 Å². The third kappa shape index (κ3) is 2.66. The molecule has 4 heteroatoms. The second-order valence-corrected chi connectivity index (χ2v) is 11.0. The monoisotopic (exact) mass is 238 g/mol. The molecule has 0 spiro atoms. The van der Waals surface area contributed by atoms with Gasteiger partial charge in [0.25, 0.3) is 0 Å². The van der Waals surface area contributed by atoms with Gasteiger partial charge in [0, 0.05) is 0 Å². The van der Waals surface area contributed by atoms with Crippen molar-refractivity contribution in [1.82, 2.24) is 0 Å². The molecular formula is C8H9Cl3Si. The lowest BCUT2D eigenvalue weighted by Crippen LogP contribution is -2.30. The fourth-order valence-corrected chi connectivity index (χ4v) is 2.66. The van der Waals surface area contributed by atoms with Gasteiger partial charge >= 0.3 is 6.00 Å². The van der Waals surface area contributed by atoms with Crippen molar-refractivity contribution in [3.63, 3.8) is 0 Å². The lowest BCUT2D eigenvalue weighted by Gasteiger charge is -2.08. The molecule has 12 heavy (non-hydrogen) atoms. The number of hydrogen-bond donors (Lipinski definition) is 0. The molecule has 0 aliphatic carbocycles. The van der Waals surface area contributed by atoms with Crippen LogP contribution in [0.5, 0.6) is 0 Å². The summed E-state index contributed by atoms with van der Waals surface area (Å²) in [4.78, 5) is 0. The molecule has 0 N–H and O–H groups in total. The summed E-state index contributed by atoms with van der Waals surface area (Å²) in [7, 11) is 0. The smallest absolute Gasteiger partial charge is 0.121 e. The van der Waals surface area contributed by atoms with Gasteiger partial charge in [-0.2, -0.15) is 0 Å². The van der Waals surface area contributed by atoms with E-state index in [2.05, 4.69) is 6.92 Å². The summed E-state index contributed by atoms with van der Waals surface area (Å²) in [5.74, 6) is 0. The summed E-state index contributed by atoms with van der Waals surface area (Å²) in [6, 6.07) is 5.15. The van der Waals surface area contributed by atoms with Crippen LogP contribution in [0.25, 0.3) is 0 Å². The lowest BCUT2D eigenvalue weighted by atomic mass is 10.2. The molecule has 1 aromatic rings. The average molecular weight is 240 g/mol. The van der Waals surface area contributed by atoms with E-state index in [0.717, 1.165) is 11.6 Å². The zero-order valence-corrected chi connectivity index (χ0v) is 9.92. The highest BCUT2D eigenvalue weighted by molar-refractivity contribution is 7.69. The van der Waals surface area contributed by atoms with Gasteiger partial charge in [-0.25, -0.2) is 0 Å². The van der Waals surface area contributed by atoms with Gasteiger partial charge in [0.15, 0.2) is 0 Å². The van der Waals surface area contributed by atoms with Gasteiger partial charge in [-0.05, 0) is 17.2 Å². The molecule has 0 amide bonds. The maximum absolute atomic E-state index is 5.86. The van der Waals surface area contributed by atoms with E-state index in [9.17, 15) is 0 Å². The Morgan fingerprint density at radius 3 is 2.42 bits per heavy atom. The minimum atomic E-state index is -2.66. The van der Waals surface area contributed by atoms with E-state index in [1.54, 1.807) is 0 Å². The van der Waals surface area contributed by atoms with Gasteiger partial charge in [-0.3, -0.25) is 0 Å². The van der Waals surface area contributed by atoms with Crippen LogP contribution in [0.2, 0.25) is 0 Å². The van der Waals surface area contributed by atoms with Crippen LogP contribution in [-0.4, -0.2) is 6.00 Å². The fraction of sp³-hybridized carbons (Fsp3) is 0.250. The predicted octanol–water partition coefficient (Wildman–Crippen LogP) is 3.11. The van der Waals surface area contributed by atoms with Gasteiger partial charge in [-0.1, -0.05) is 31.2 Å². The van der Waals surface area contributed by atoms with Crippen molar-refractivity contribution in [1.29, 1.82) is 0 Å². The Bertz CT molecular complexity index is 267. The summed E-state index contributed by atoms with van der Waals surface area (Å²) in [6.45, 7) is 2.08. The Hall–Kier alpha value is 0.307. The molecule has 1 rings (SSSR count). The Morgan fingerprint density at radius 1 is 1.25 bits per heavy atom. The van der Waals surface area contributed by atoms with Crippen molar-refractivity contribution in [2.24, 2.45) is 0 Å². The predicted molar refractivity (Wildman–Crippen MR) is 58.8 cm³/mol. The molecule has 0 aliphatic rings. The van der Waals surface area contributed by atoms with Crippen molar-refractivity contribution in [3.8, 4) is 0 Å². The molecule has 0 aromatic heterocycles. The Balaban J connectivity index is 3.02. The highest BCUT2D eigenvalue weighted by atomic mass is 35.8. The average Bonchev–Trinajstić information content (AvgIpc) is 2.03. The largest absolute Gasteiger partial charge is 0.372 e. The zero-order chi connectivity index (χ0) is 9.19. The summed E-state index contributed by atoms with van der Waals surface area (Å²) in [5.41, 5.74) is 1.21. The molecule has 0 fully saturated rings. The summed E-state index contributed by atoms with van der Waals surface area (Å²) < 4.78 is 0. The highest BCUT2D eigenvalue weighted by Crippen LogP contribution is 2.19. The second kappa shape index (κ2) is 4.01. The number of benzene rings is 1. The van der Waals surface area contributed by atoms with E-state index in [1.165, 1.54) is 5.56 Å². The van der Waals surface area contributed by atoms with Crippen LogP contribution in [0.15, 0.2) is 24.3 Å². The van der Waals surface area contributed by atoms with Gasteiger partial charge in [0.1, 0.15) is 0 Å². The minimum Gasteiger partial charge on any atom is -0.121 e. The molecular weight excluding hydrogens is 231 g/mol. The molecule has 0 atom stereocenters. The van der Waals surface area contributed by atoms with Crippen molar-refractivity contribution >= 4 is 44.4 Å². The fourth-order valence-electron chi connectivity index (χ4n) is 0.968. The normalized spacial score (nSPS) is 11.7. The van der Waals surface area contributed by atoms with Crippen LogP contribution in [0.3, 0.4) is 0 Å². The van der Waals surface area contributed by atoms with E-state index >= 15 is 0 Å². The van der Waals surface area contributed by atoms with E-state index in [1.807, 2.05) is 24.3 Å². The first kappa shape index (κ1) is 10.4. The molecule has 66 valence electrons. The quantitative estimate of drug-likeness (QED) is 0.550. The Kier molecular flexibility index (Phi) is 3.47. The van der Waals surface area contributed by atoms with Crippen LogP contribution in [0.1, 0.15) is 12.5 Å². The van der Waals surface area contributed by atoms with Gasteiger partial charge in [0.2, 0.25) is 0 Å². The van der Waals surface area contributed by atoms with E-state index in [-0.39, 0.29) is 0 Å². The summed E-state index contributed by atoms with van der Waals surface area (Å²) >= 11 is 17.6. The van der Waals surface area contributed by atoms with Crippen LogP contribution >= 0.6 is 33.2 Å². The van der Waals surface area contributed by atoms with Crippen molar-refractivity contribution in [3.05, 3.63) is 29.8 Å². The zero-order valence-electron chi connectivity index (χ0n) is 6.65. The lowest BCUT2D eigenvalue weighted by molar-refractivity contribution is 1.14. The molecule has 0 saturated carbocycles. The van der Waals surface area contributed by atoms with E-state index in [4.69, 9.17) is 33.2 Å². The van der Waals surface area contributed by atoms with Gasteiger partial charge in [0.05, 0.1) is 0 Å². The standard InChI is InChI=1S/C8H9Cl3Si/c1-2-7-4-3-5-8(6-7)12(9,10)11/h3-6H,2H2,1H3. The number of aryl methyl sites for hydroxylation is 1. The third-order valence-corrected chi connectivity index (χ3v) is 4.59. The minimum absolute atomic E-state index is 0.867.